The van der Waals surface area contributed by atoms with Gasteiger partial charge in [0.1, 0.15) is 0 Å². The van der Waals surface area contributed by atoms with Gasteiger partial charge in [-0.1, -0.05) is 113 Å². The third kappa shape index (κ3) is 45.1. The Morgan fingerprint density at radius 2 is 1.14 bits per heavy atom. The standard InChI is InChI=1S/C13H26.2C3H8.C2H6/c1-5-9-13(4)11-8-7-10-12(3)6-2;2*1-3-2;1-2/h6,12-13H,2,5,7-11H2,1,3-4H3;2*3H2,1-2H3;1-2H3/t12-,13?;;;/m0.../s1. The Balaban J connectivity index is -0.000000151. The first kappa shape index (κ1) is 28.8. The SMILES string of the molecule is C=C[C@H](C)CCCCC(C)CCC.CC.CCC.CCC. The van der Waals surface area contributed by atoms with Crippen molar-refractivity contribution in [3.8, 4) is 0 Å². The van der Waals surface area contributed by atoms with E-state index in [2.05, 4.69) is 61.1 Å². The minimum absolute atomic E-state index is 0.710. The van der Waals surface area contributed by atoms with Crippen molar-refractivity contribution in [2.75, 3.05) is 0 Å². The van der Waals surface area contributed by atoms with Crippen molar-refractivity contribution in [3.63, 3.8) is 0 Å². The summed E-state index contributed by atoms with van der Waals surface area (Å²) in [6, 6.07) is 0. The zero-order valence-corrected chi connectivity index (χ0v) is 17.1. The first-order valence-corrected chi connectivity index (χ1v) is 9.66. The molecule has 0 nitrogen and oxygen atoms in total. The van der Waals surface area contributed by atoms with E-state index in [1.54, 1.807) is 0 Å². The molecule has 0 spiro atoms. The predicted molar refractivity (Wildman–Crippen MR) is 105 cm³/mol. The molecule has 0 aliphatic heterocycles. The molecule has 0 aromatic rings. The second-order valence-corrected chi connectivity index (χ2v) is 5.81. The van der Waals surface area contributed by atoms with Crippen LogP contribution in [-0.2, 0) is 0 Å². The molecule has 0 bridgehead atoms. The van der Waals surface area contributed by atoms with Crippen molar-refractivity contribution in [2.24, 2.45) is 11.8 Å². The zero-order valence-electron chi connectivity index (χ0n) is 17.1. The van der Waals surface area contributed by atoms with Gasteiger partial charge in [-0.05, 0) is 18.3 Å². The molecule has 0 radical (unpaired) electrons. The van der Waals surface area contributed by atoms with Gasteiger partial charge in [0.2, 0.25) is 0 Å². The molecular formula is C21H48. The minimum Gasteiger partial charge on any atom is -0.103 e. The Morgan fingerprint density at radius 1 is 0.762 bits per heavy atom. The van der Waals surface area contributed by atoms with Gasteiger partial charge in [0.05, 0.1) is 0 Å². The molecule has 0 N–H and O–H groups in total. The molecule has 21 heavy (non-hydrogen) atoms. The molecule has 0 heteroatoms. The van der Waals surface area contributed by atoms with E-state index >= 15 is 0 Å². The summed E-state index contributed by atoms with van der Waals surface area (Å²) in [6.45, 7) is 23.2. The van der Waals surface area contributed by atoms with Crippen LogP contribution >= 0.6 is 0 Å². The first-order valence-electron chi connectivity index (χ1n) is 9.66. The Morgan fingerprint density at radius 3 is 1.48 bits per heavy atom. The van der Waals surface area contributed by atoms with Gasteiger partial charge in [0.15, 0.2) is 0 Å². The summed E-state index contributed by atoms with van der Waals surface area (Å²) in [5.41, 5.74) is 0. The van der Waals surface area contributed by atoms with E-state index in [0.717, 1.165) is 5.92 Å². The average Bonchev–Trinajstić information content (AvgIpc) is 2.47. The fraction of sp³-hybridized carbons (Fsp3) is 0.905. The minimum atomic E-state index is 0.710. The van der Waals surface area contributed by atoms with Crippen molar-refractivity contribution in [2.45, 2.75) is 114 Å². The van der Waals surface area contributed by atoms with Crippen molar-refractivity contribution in [3.05, 3.63) is 12.7 Å². The highest BCUT2D eigenvalue weighted by molar-refractivity contribution is 4.74. The van der Waals surface area contributed by atoms with E-state index in [1.807, 2.05) is 13.8 Å². The quantitative estimate of drug-likeness (QED) is 0.310. The largest absolute Gasteiger partial charge is 0.103 e. The van der Waals surface area contributed by atoms with E-state index in [1.165, 1.54) is 51.4 Å². The summed E-state index contributed by atoms with van der Waals surface area (Å²) in [5, 5.41) is 0. The van der Waals surface area contributed by atoms with Crippen LogP contribution in [0.2, 0.25) is 0 Å². The van der Waals surface area contributed by atoms with Crippen LogP contribution in [0.25, 0.3) is 0 Å². The molecule has 132 valence electrons. The summed E-state index contributed by atoms with van der Waals surface area (Å²) in [4.78, 5) is 0. The Labute approximate surface area is 138 Å². The smallest absolute Gasteiger partial charge is 0.0265 e. The van der Waals surface area contributed by atoms with Crippen LogP contribution in [0, 0.1) is 11.8 Å². The lowest BCUT2D eigenvalue weighted by Gasteiger charge is -2.10. The molecule has 0 saturated carbocycles. The lowest BCUT2D eigenvalue weighted by Crippen LogP contribution is -1.95. The summed E-state index contributed by atoms with van der Waals surface area (Å²) in [6.07, 6.45) is 12.8. The molecule has 0 fully saturated rings. The summed E-state index contributed by atoms with van der Waals surface area (Å²) in [5.74, 6) is 1.64. The predicted octanol–water partition coefficient (Wildman–Crippen LogP) is 8.66. The van der Waals surface area contributed by atoms with Gasteiger partial charge in [-0.25, -0.2) is 0 Å². The highest BCUT2D eigenvalue weighted by Crippen LogP contribution is 2.16. The normalized spacial score (nSPS) is 11.5. The van der Waals surface area contributed by atoms with Crippen LogP contribution in [-0.4, -0.2) is 0 Å². The summed E-state index contributed by atoms with van der Waals surface area (Å²) >= 11 is 0. The van der Waals surface area contributed by atoms with Crippen LogP contribution in [0.1, 0.15) is 114 Å². The number of allylic oxidation sites excluding steroid dienone is 1. The molecule has 0 aromatic heterocycles. The van der Waals surface area contributed by atoms with Gasteiger partial charge in [-0.2, -0.15) is 0 Å². The number of unbranched alkanes of at least 4 members (excludes halogenated alkanes) is 1. The highest BCUT2D eigenvalue weighted by atomic mass is 14.1. The van der Waals surface area contributed by atoms with E-state index in [4.69, 9.17) is 0 Å². The number of hydrogen-bond donors (Lipinski definition) is 0. The Bertz CT molecular complexity index is 135. The molecule has 0 aromatic carbocycles. The van der Waals surface area contributed by atoms with E-state index < -0.39 is 0 Å². The van der Waals surface area contributed by atoms with Crippen molar-refractivity contribution in [1.82, 2.24) is 0 Å². The first-order chi connectivity index (χ1) is 10.0. The molecule has 0 rings (SSSR count). The van der Waals surface area contributed by atoms with E-state index in [9.17, 15) is 0 Å². The third-order valence-corrected chi connectivity index (χ3v) is 2.79. The van der Waals surface area contributed by atoms with Crippen molar-refractivity contribution < 1.29 is 0 Å². The topological polar surface area (TPSA) is 0 Å². The molecule has 0 aliphatic carbocycles. The van der Waals surface area contributed by atoms with E-state index in [-0.39, 0.29) is 0 Å². The Kier molecular flexibility index (Phi) is 43.8. The van der Waals surface area contributed by atoms with Crippen molar-refractivity contribution >= 4 is 0 Å². The summed E-state index contributed by atoms with van der Waals surface area (Å²) in [7, 11) is 0. The highest BCUT2D eigenvalue weighted by Gasteiger charge is 2.01. The maximum atomic E-state index is 3.80. The van der Waals surface area contributed by atoms with Gasteiger partial charge >= 0.3 is 0 Å². The van der Waals surface area contributed by atoms with Crippen LogP contribution in [0.15, 0.2) is 12.7 Å². The van der Waals surface area contributed by atoms with Crippen LogP contribution in [0.4, 0.5) is 0 Å². The lowest BCUT2D eigenvalue weighted by molar-refractivity contribution is 0.446. The zero-order chi connectivity index (χ0) is 17.5. The van der Waals surface area contributed by atoms with Crippen LogP contribution in [0.3, 0.4) is 0 Å². The average molecular weight is 301 g/mol. The third-order valence-electron chi connectivity index (χ3n) is 2.79. The second kappa shape index (κ2) is 31.9. The van der Waals surface area contributed by atoms with Gasteiger partial charge in [-0.15, -0.1) is 6.58 Å². The van der Waals surface area contributed by atoms with Crippen LogP contribution in [0.5, 0.6) is 0 Å². The maximum Gasteiger partial charge on any atom is -0.0265 e. The van der Waals surface area contributed by atoms with E-state index in [0.29, 0.717) is 5.92 Å². The summed E-state index contributed by atoms with van der Waals surface area (Å²) < 4.78 is 0. The number of rotatable bonds is 8. The molecule has 0 amide bonds. The Hall–Kier alpha value is -0.260. The fourth-order valence-electron chi connectivity index (χ4n) is 1.71. The fourth-order valence-corrected chi connectivity index (χ4v) is 1.71. The maximum absolute atomic E-state index is 3.80. The monoisotopic (exact) mass is 300 g/mol. The molecular weight excluding hydrogens is 252 g/mol. The van der Waals surface area contributed by atoms with Gasteiger partial charge in [0, 0.05) is 0 Å². The number of hydrogen-bond acceptors (Lipinski definition) is 0. The molecule has 0 saturated heterocycles. The van der Waals surface area contributed by atoms with Gasteiger partial charge in [0.25, 0.3) is 0 Å². The van der Waals surface area contributed by atoms with Crippen molar-refractivity contribution in [1.29, 1.82) is 0 Å². The second-order valence-electron chi connectivity index (χ2n) is 5.81. The molecule has 2 atom stereocenters. The lowest BCUT2D eigenvalue weighted by atomic mass is 9.96. The molecule has 1 unspecified atom stereocenters. The van der Waals surface area contributed by atoms with Gasteiger partial charge < -0.3 is 0 Å². The van der Waals surface area contributed by atoms with Gasteiger partial charge in [-0.3, -0.25) is 0 Å². The molecule has 0 aliphatic rings. The molecule has 0 heterocycles. The van der Waals surface area contributed by atoms with Crippen LogP contribution < -0.4 is 0 Å².